The van der Waals surface area contributed by atoms with Crippen LogP contribution < -0.4 is 4.90 Å². The van der Waals surface area contributed by atoms with Crippen LogP contribution in [-0.2, 0) is 11.2 Å². The van der Waals surface area contributed by atoms with Gasteiger partial charge in [-0.25, -0.2) is 9.97 Å². The van der Waals surface area contributed by atoms with Crippen molar-refractivity contribution in [3.63, 3.8) is 0 Å². The molecule has 0 aliphatic carbocycles. The van der Waals surface area contributed by atoms with Gasteiger partial charge in [-0.05, 0) is 13.0 Å². The Morgan fingerprint density at radius 2 is 1.82 bits per heavy atom. The summed E-state index contributed by atoms with van der Waals surface area (Å²) in [4.78, 5) is 32.3. The summed E-state index contributed by atoms with van der Waals surface area (Å²) in [5.74, 6) is 0.0686. The second kappa shape index (κ2) is 8.68. The van der Waals surface area contributed by atoms with Gasteiger partial charge >= 0.3 is 0 Å². The van der Waals surface area contributed by atoms with Crippen molar-refractivity contribution >= 4 is 45.7 Å². The van der Waals surface area contributed by atoms with Gasteiger partial charge in [-0.2, -0.15) is 0 Å². The lowest BCUT2D eigenvalue weighted by Gasteiger charge is -2.43. The summed E-state index contributed by atoms with van der Waals surface area (Å²) < 4.78 is 5.31. The predicted molar refractivity (Wildman–Crippen MR) is 132 cm³/mol. The highest BCUT2D eigenvalue weighted by Gasteiger charge is 2.33. The molecule has 1 N–H and O–H groups in total. The topological polar surface area (TPSA) is 77.6 Å². The molecule has 178 valence electrons. The van der Waals surface area contributed by atoms with E-state index < -0.39 is 0 Å². The number of nitrogens with one attached hydrogen (secondary N) is 1. The van der Waals surface area contributed by atoms with Gasteiger partial charge in [0.1, 0.15) is 0 Å². The van der Waals surface area contributed by atoms with Gasteiger partial charge in [0.05, 0.1) is 58.9 Å². The van der Waals surface area contributed by atoms with Crippen molar-refractivity contribution in [3.8, 4) is 0 Å². The number of piperazine rings is 1. The lowest BCUT2D eigenvalue weighted by molar-refractivity contribution is -0.0660. The highest BCUT2D eigenvalue weighted by molar-refractivity contribution is 6.45. The smallest absolute Gasteiger partial charge is 0.292 e. The number of rotatable bonds is 3. The van der Waals surface area contributed by atoms with Crippen LogP contribution in [0.25, 0.3) is 10.9 Å². The quantitative estimate of drug-likeness (QED) is 0.592. The summed E-state index contributed by atoms with van der Waals surface area (Å²) in [6, 6.07) is 4.20. The van der Waals surface area contributed by atoms with Crippen molar-refractivity contribution in [1.29, 1.82) is 0 Å². The predicted octanol–water partition coefficient (Wildman–Crippen LogP) is 3.55. The molecule has 0 saturated carbocycles. The molecule has 0 bridgehead atoms. The van der Waals surface area contributed by atoms with Crippen LogP contribution in [0.3, 0.4) is 0 Å². The molecule has 1 amide bonds. The van der Waals surface area contributed by atoms with Gasteiger partial charge in [0.2, 0.25) is 5.82 Å². The Kier molecular flexibility index (Phi) is 5.64. The van der Waals surface area contributed by atoms with E-state index in [2.05, 4.69) is 24.8 Å². The van der Waals surface area contributed by atoms with Gasteiger partial charge in [-0.3, -0.25) is 9.69 Å². The van der Waals surface area contributed by atoms with Crippen LogP contribution in [0, 0.1) is 0 Å². The number of benzene rings is 1. The number of carbonyl (C=O) groups excluding carboxylic acids is 1. The molecule has 5 heterocycles. The van der Waals surface area contributed by atoms with Gasteiger partial charge in [0.25, 0.3) is 5.91 Å². The minimum Gasteiger partial charge on any atom is -0.378 e. The number of amides is 1. The summed E-state index contributed by atoms with van der Waals surface area (Å²) in [7, 11) is 0. The lowest BCUT2D eigenvalue weighted by atomic mass is 9.97. The number of hydrogen-bond donors (Lipinski definition) is 1. The van der Waals surface area contributed by atoms with E-state index in [1.165, 1.54) is 0 Å². The number of H-pyrrole nitrogens is 1. The molecule has 0 radical (unpaired) electrons. The number of aromatic nitrogens is 3. The minimum atomic E-state index is -0.158. The fraction of sp³-hybridized carbons (Fsp3) is 0.458. The number of fused-ring (bicyclic) bond motifs is 3. The maximum Gasteiger partial charge on any atom is 0.292 e. The molecule has 3 aliphatic heterocycles. The molecular formula is C24H26Cl2N6O2. The molecule has 1 aromatic carbocycles. The lowest BCUT2D eigenvalue weighted by Crippen LogP contribution is -2.56. The second-order valence-corrected chi connectivity index (χ2v) is 9.99. The Morgan fingerprint density at radius 3 is 2.50 bits per heavy atom. The summed E-state index contributed by atoms with van der Waals surface area (Å²) in [5.41, 5.74) is 3.96. The van der Waals surface area contributed by atoms with E-state index in [0.29, 0.717) is 29.1 Å². The van der Waals surface area contributed by atoms with E-state index in [1.54, 1.807) is 18.5 Å². The van der Waals surface area contributed by atoms with Gasteiger partial charge in [0, 0.05) is 55.8 Å². The van der Waals surface area contributed by atoms with Crippen LogP contribution >= 0.6 is 23.2 Å². The minimum absolute atomic E-state index is 0.130. The standard InChI is InChI=1S/C24H26Cl2N6O2/c1-14-20-17-2-3-18(25)21(26)22(17)29-19(20)4-5-32(14)24(33)23-27-10-15(11-28-23)30-6-8-31(9-7-30)16-12-34-13-16/h2-3,10-11,14,16,29H,4-9,12-13H2,1H3/t14-/m0/s1. The first-order valence-corrected chi connectivity index (χ1v) is 12.4. The number of nitrogens with zero attached hydrogens (tertiary/aromatic N) is 5. The first-order chi connectivity index (χ1) is 16.5. The molecular weight excluding hydrogens is 475 g/mol. The fourth-order valence-electron chi connectivity index (χ4n) is 5.31. The van der Waals surface area contributed by atoms with E-state index >= 15 is 0 Å². The van der Waals surface area contributed by atoms with Crippen molar-refractivity contribution < 1.29 is 9.53 Å². The molecule has 0 unspecified atom stereocenters. The zero-order valence-electron chi connectivity index (χ0n) is 18.9. The molecule has 3 aromatic rings. The van der Waals surface area contributed by atoms with Crippen LogP contribution in [0.4, 0.5) is 5.69 Å². The van der Waals surface area contributed by atoms with Crippen molar-refractivity contribution in [2.24, 2.45) is 0 Å². The maximum atomic E-state index is 13.4. The Hall–Kier alpha value is -2.39. The van der Waals surface area contributed by atoms with Gasteiger partial charge in [-0.15, -0.1) is 0 Å². The third-order valence-corrected chi connectivity index (χ3v) is 8.18. The molecule has 8 nitrogen and oxygen atoms in total. The van der Waals surface area contributed by atoms with Crippen molar-refractivity contribution in [2.45, 2.75) is 25.4 Å². The monoisotopic (exact) mass is 500 g/mol. The van der Waals surface area contributed by atoms with Crippen LogP contribution in [0.1, 0.15) is 34.8 Å². The number of anilines is 1. The second-order valence-electron chi connectivity index (χ2n) is 9.20. The largest absolute Gasteiger partial charge is 0.378 e. The number of aromatic amines is 1. The highest BCUT2D eigenvalue weighted by atomic mass is 35.5. The van der Waals surface area contributed by atoms with Crippen LogP contribution in [-0.4, -0.2) is 82.6 Å². The zero-order chi connectivity index (χ0) is 23.4. The molecule has 3 aliphatic rings. The molecule has 2 saturated heterocycles. The van der Waals surface area contributed by atoms with E-state index in [1.807, 2.05) is 17.9 Å². The summed E-state index contributed by atoms with van der Waals surface area (Å²) in [6.07, 6.45) is 4.26. The summed E-state index contributed by atoms with van der Waals surface area (Å²) in [6.45, 7) is 8.16. The average Bonchev–Trinajstić information content (AvgIpc) is 3.21. The molecule has 1 atom stereocenters. The molecule has 34 heavy (non-hydrogen) atoms. The number of hydrogen-bond acceptors (Lipinski definition) is 6. The molecule has 0 spiro atoms. The fourth-order valence-corrected chi connectivity index (χ4v) is 5.68. The molecule has 10 heteroatoms. The SMILES string of the molecule is C[C@H]1c2c([nH]c3c(Cl)c(Cl)ccc23)CCN1C(=O)c1ncc(N2CCN(C3COC3)CC2)cn1. The van der Waals surface area contributed by atoms with Gasteiger partial charge in [0.15, 0.2) is 0 Å². The third-order valence-electron chi connectivity index (χ3n) is 7.38. The zero-order valence-corrected chi connectivity index (χ0v) is 20.4. The summed E-state index contributed by atoms with van der Waals surface area (Å²) >= 11 is 12.6. The molecule has 2 fully saturated rings. The third kappa shape index (κ3) is 3.64. The maximum absolute atomic E-state index is 13.4. The van der Waals surface area contributed by atoms with E-state index in [0.717, 1.165) is 67.2 Å². The van der Waals surface area contributed by atoms with E-state index in [9.17, 15) is 4.79 Å². The first kappa shape index (κ1) is 22.1. The van der Waals surface area contributed by atoms with E-state index in [4.69, 9.17) is 27.9 Å². The van der Waals surface area contributed by atoms with Crippen molar-refractivity contribution in [3.05, 3.63) is 51.7 Å². The highest BCUT2D eigenvalue weighted by Crippen LogP contribution is 2.40. The van der Waals surface area contributed by atoms with Crippen LogP contribution in [0.5, 0.6) is 0 Å². The van der Waals surface area contributed by atoms with Crippen LogP contribution in [0.15, 0.2) is 24.5 Å². The van der Waals surface area contributed by atoms with Crippen molar-refractivity contribution in [2.75, 3.05) is 50.8 Å². The summed E-state index contributed by atoms with van der Waals surface area (Å²) in [5, 5.41) is 2.03. The molecule has 6 rings (SSSR count). The van der Waals surface area contributed by atoms with Crippen LogP contribution in [0.2, 0.25) is 10.0 Å². The van der Waals surface area contributed by atoms with Gasteiger partial charge in [-0.1, -0.05) is 29.3 Å². The Bertz CT molecular complexity index is 1230. The number of carbonyl (C=O) groups is 1. The number of halogens is 2. The average molecular weight is 501 g/mol. The van der Waals surface area contributed by atoms with Gasteiger partial charge < -0.3 is 19.5 Å². The van der Waals surface area contributed by atoms with E-state index in [-0.39, 0.29) is 17.8 Å². The van der Waals surface area contributed by atoms with Crippen molar-refractivity contribution in [1.82, 2.24) is 24.8 Å². The number of ether oxygens (including phenoxy) is 1. The first-order valence-electron chi connectivity index (χ1n) is 11.7. The Balaban J connectivity index is 1.18. The normalized spacial score (nSPS) is 21.6. The Morgan fingerprint density at radius 1 is 1.09 bits per heavy atom. The Labute approximate surface area is 207 Å². The molecule has 2 aromatic heterocycles.